The second kappa shape index (κ2) is 17.5. The standard InChI is InChI=1S/2C21H22O3/c1-4-21(2,3)20(23)24-18-13-11-17(12-14-18)19(22)15-10-16-8-6-5-7-9-16;1-4-21(2,3)20(23)24-18-13-10-16(11-14-18)12-15-19(22)17-8-6-5-7-9-17/h2*5-15H,4H2,1-3H3/b15-10+;15-12+. The summed E-state index contributed by atoms with van der Waals surface area (Å²) in [7, 11) is 0. The zero-order valence-corrected chi connectivity index (χ0v) is 28.6. The summed E-state index contributed by atoms with van der Waals surface area (Å²) >= 11 is 0. The van der Waals surface area contributed by atoms with Gasteiger partial charge >= 0.3 is 11.9 Å². The molecule has 0 unspecified atom stereocenters. The minimum atomic E-state index is -0.521. The van der Waals surface area contributed by atoms with Gasteiger partial charge in [0.25, 0.3) is 0 Å². The summed E-state index contributed by atoms with van der Waals surface area (Å²) in [4.78, 5) is 48.3. The van der Waals surface area contributed by atoms with E-state index >= 15 is 0 Å². The van der Waals surface area contributed by atoms with Crippen LogP contribution in [0.3, 0.4) is 0 Å². The van der Waals surface area contributed by atoms with E-state index in [0.29, 0.717) is 35.5 Å². The number of esters is 2. The van der Waals surface area contributed by atoms with Gasteiger partial charge in [-0.1, -0.05) is 98.8 Å². The van der Waals surface area contributed by atoms with Gasteiger partial charge in [0.15, 0.2) is 11.6 Å². The lowest BCUT2D eigenvalue weighted by atomic mass is 9.91. The molecule has 0 saturated heterocycles. The average Bonchev–Trinajstić information content (AvgIpc) is 3.11. The number of ether oxygens (including phenoxy) is 2. The Morgan fingerprint density at radius 2 is 0.854 bits per heavy atom. The highest BCUT2D eigenvalue weighted by Gasteiger charge is 2.28. The molecule has 48 heavy (non-hydrogen) atoms. The van der Waals surface area contributed by atoms with Crippen molar-refractivity contribution in [2.45, 2.75) is 54.4 Å². The van der Waals surface area contributed by atoms with Crippen molar-refractivity contribution >= 4 is 35.7 Å². The molecule has 0 amide bonds. The van der Waals surface area contributed by atoms with Crippen LogP contribution in [0.4, 0.5) is 0 Å². The van der Waals surface area contributed by atoms with Crippen LogP contribution in [-0.4, -0.2) is 23.5 Å². The van der Waals surface area contributed by atoms with E-state index in [4.69, 9.17) is 9.47 Å². The molecule has 248 valence electrons. The molecule has 6 nitrogen and oxygen atoms in total. The lowest BCUT2D eigenvalue weighted by Crippen LogP contribution is -2.28. The number of rotatable bonds is 12. The third-order valence-corrected chi connectivity index (χ3v) is 8.03. The van der Waals surface area contributed by atoms with Crippen molar-refractivity contribution in [1.29, 1.82) is 0 Å². The number of carbonyl (C=O) groups excluding carboxylic acids is 4. The quantitative estimate of drug-likeness (QED) is 0.0660. The highest BCUT2D eigenvalue weighted by atomic mass is 16.5. The van der Waals surface area contributed by atoms with Crippen LogP contribution in [0, 0.1) is 10.8 Å². The normalized spacial score (nSPS) is 11.5. The Bertz CT molecular complexity index is 1710. The molecule has 4 aromatic carbocycles. The van der Waals surface area contributed by atoms with Gasteiger partial charge in [0.05, 0.1) is 10.8 Å². The van der Waals surface area contributed by atoms with E-state index < -0.39 is 10.8 Å². The molecule has 0 aliphatic rings. The van der Waals surface area contributed by atoms with Crippen LogP contribution in [0.5, 0.6) is 11.5 Å². The molecule has 0 aliphatic heterocycles. The topological polar surface area (TPSA) is 86.7 Å². The zero-order chi connectivity index (χ0) is 35.2. The van der Waals surface area contributed by atoms with E-state index in [2.05, 4.69) is 0 Å². The minimum Gasteiger partial charge on any atom is -0.426 e. The molecule has 0 N–H and O–H groups in total. The molecule has 0 radical (unpaired) electrons. The largest absolute Gasteiger partial charge is 0.426 e. The van der Waals surface area contributed by atoms with Crippen molar-refractivity contribution in [3.8, 4) is 11.5 Å². The van der Waals surface area contributed by atoms with E-state index in [1.807, 2.05) is 102 Å². The summed E-state index contributed by atoms with van der Waals surface area (Å²) in [6.07, 6.45) is 8.02. The number of allylic oxidation sites excluding steroid dienone is 2. The molecular weight excluding hydrogens is 600 g/mol. The van der Waals surface area contributed by atoms with Crippen molar-refractivity contribution in [3.63, 3.8) is 0 Å². The Morgan fingerprint density at radius 1 is 0.500 bits per heavy atom. The molecule has 0 spiro atoms. The third-order valence-electron chi connectivity index (χ3n) is 8.03. The van der Waals surface area contributed by atoms with Gasteiger partial charge in [-0.15, -0.1) is 0 Å². The average molecular weight is 645 g/mol. The number of benzene rings is 4. The van der Waals surface area contributed by atoms with Crippen LogP contribution in [0.2, 0.25) is 0 Å². The molecule has 0 saturated carbocycles. The van der Waals surface area contributed by atoms with Gasteiger partial charge in [0.2, 0.25) is 0 Å². The first-order valence-corrected chi connectivity index (χ1v) is 16.0. The molecule has 0 aromatic heterocycles. The van der Waals surface area contributed by atoms with Gasteiger partial charge in [-0.3, -0.25) is 19.2 Å². The van der Waals surface area contributed by atoms with Crippen LogP contribution >= 0.6 is 0 Å². The summed E-state index contributed by atoms with van der Waals surface area (Å²) < 4.78 is 10.8. The molecule has 4 rings (SSSR count). The number of hydrogen-bond acceptors (Lipinski definition) is 6. The fourth-order valence-electron chi connectivity index (χ4n) is 3.82. The Hall–Kier alpha value is -5.36. The summed E-state index contributed by atoms with van der Waals surface area (Å²) in [6, 6.07) is 32.5. The molecule has 0 aliphatic carbocycles. The molecule has 0 fully saturated rings. The molecule has 0 bridgehead atoms. The maximum Gasteiger partial charge on any atom is 0.316 e. The van der Waals surface area contributed by atoms with Gasteiger partial charge in [-0.05, 0) is 100 Å². The summed E-state index contributed by atoms with van der Waals surface area (Å²) in [5, 5.41) is 0. The van der Waals surface area contributed by atoms with Crippen molar-refractivity contribution in [3.05, 3.63) is 144 Å². The first-order valence-electron chi connectivity index (χ1n) is 16.0. The smallest absolute Gasteiger partial charge is 0.316 e. The number of hydrogen-bond donors (Lipinski definition) is 0. The first kappa shape index (κ1) is 37.1. The Labute approximate surface area is 284 Å². The van der Waals surface area contributed by atoms with Gasteiger partial charge in [0.1, 0.15) is 11.5 Å². The SMILES string of the molecule is CCC(C)(C)C(=O)Oc1ccc(/C=C/C(=O)c2ccccc2)cc1.CCC(C)(C)C(=O)Oc1ccc(C(=O)/C=C/c2ccccc2)cc1. The highest BCUT2D eigenvalue weighted by Crippen LogP contribution is 2.25. The van der Waals surface area contributed by atoms with Gasteiger partial charge in [0, 0.05) is 11.1 Å². The lowest BCUT2D eigenvalue weighted by molar-refractivity contribution is -0.144. The van der Waals surface area contributed by atoms with Gasteiger partial charge in [-0.25, -0.2) is 0 Å². The third kappa shape index (κ3) is 11.5. The van der Waals surface area contributed by atoms with Crippen molar-refractivity contribution < 1.29 is 28.7 Å². The Kier molecular flexibility index (Phi) is 13.5. The molecule has 0 heterocycles. The fourth-order valence-corrected chi connectivity index (χ4v) is 3.82. The highest BCUT2D eigenvalue weighted by molar-refractivity contribution is 6.07. The van der Waals surface area contributed by atoms with E-state index in [-0.39, 0.29) is 23.5 Å². The lowest BCUT2D eigenvalue weighted by Gasteiger charge is -2.20. The van der Waals surface area contributed by atoms with E-state index in [9.17, 15) is 19.2 Å². The molecule has 4 aromatic rings. The maximum atomic E-state index is 12.2. The van der Waals surface area contributed by atoms with Crippen molar-refractivity contribution in [1.82, 2.24) is 0 Å². The summed E-state index contributed by atoms with van der Waals surface area (Å²) in [5.74, 6) is 0.306. The second-order valence-corrected chi connectivity index (χ2v) is 12.5. The van der Waals surface area contributed by atoms with E-state index in [0.717, 1.165) is 11.1 Å². The Balaban J connectivity index is 0.000000260. The van der Waals surface area contributed by atoms with Crippen LogP contribution in [-0.2, 0) is 9.59 Å². The molecule has 6 heteroatoms. The fraction of sp³-hybridized carbons (Fsp3) is 0.238. The van der Waals surface area contributed by atoms with Gasteiger partial charge in [-0.2, -0.15) is 0 Å². The second-order valence-electron chi connectivity index (χ2n) is 12.5. The van der Waals surface area contributed by atoms with Crippen LogP contribution in [0.25, 0.3) is 12.2 Å². The minimum absolute atomic E-state index is 0.0456. The predicted octanol–water partition coefficient (Wildman–Crippen LogP) is 9.85. The number of ketones is 2. The number of carbonyl (C=O) groups is 4. The molecular formula is C42H44O6. The van der Waals surface area contributed by atoms with Crippen molar-refractivity contribution in [2.75, 3.05) is 0 Å². The zero-order valence-electron chi connectivity index (χ0n) is 28.6. The van der Waals surface area contributed by atoms with Crippen molar-refractivity contribution in [2.24, 2.45) is 10.8 Å². The monoisotopic (exact) mass is 644 g/mol. The Morgan fingerprint density at radius 3 is 1.27 bits per heavy atom. The van der Waals surface area contributed by atoms with E-state index in [1.165, 1.54) is 12.2 Å². The van der Waals surface area contributed by atoms with E-state index in [1.54, 1.807) is 60.7 Å². The predicted molar refractivity (Wildman–Crippen MR) is 192 cm³/mol. The van der Waals surface area contributed by atoms with Crippen LogP contribution in [0.15, 0.2) is 121 Å². The molecule has 0 atom stereocenters. The van der Waals surface area contributed by atoms with Crippen LogP contribution in [0.1, 0.15) is 86.2 Å². The van der Waals surface area contributed by atoms with Crippen LogP contribution < -0.4 is 9.47 Å². The summed E-state index contributed by atoms with van der Waals surface area (Å²) in [5.41, 5.74) is 2.03. The maximum absolute atomic E-state index is 12.2. The summed E-state index contributed by atoms with van der Waals surface area (Å²) in [6.45, 7) is 11.3. The first-order chi connectivity index (χ1) is 22.8. The van der Waals surface area contributed by atoms with Gasteiger partial charge < -0.3 is 9.47 Å².